The number of carbonyl (C=O) groups is 2. The van der Waals surface area contributed by atoms with E-state index in [9.17, 15) is 9.59 Å². The van der Waals surface area contributed by atoms with E-state index >= 15 is 0 Å². The molecule has 3 rings (SSSR count). The van der Waals surface area contributed by atoms with Crippen LogP contribution < -0.4 is 10.1 Å². The molecule has 5 nitrogen and oxygen atoms in total. The lowest BCUT2D eigenvalue weighted by atomic mass is 10.1. The molecule has 1 aliphatic carbocycles. The van der Waals surface area contributed by atoms with Crippen molar-refractivity contribution >= 4 is 23.4 Å². The van der Waals surface area contributed by atoms with Crippen LogP contribution >= 0.6 is 11.6 Å². The summed E-state index contributed by atoms with van der Waals surface area (Å²) in [5.41, 5.74) is 1.12. The van der Waals surface area contributed by atoms with Crippen LogP contribution in [0.15, 0.2) is 54.6 Å². The van der Waals surface area contributed by atoms with Crippen molar-refractivity contribution in [1.82, 2.24) is 10.2 Å². The Morgan fingerprint density at radius 3 is 2.43 bits per heavy atom. The van der Waals surface area contributed by atoms with Crippen LogP contribution in [0.2, 0.25) is 5.02 Å². The minimum Gasteiger partial charge on any atom is -0.484 e. The third-order valence-corrected chi connectivity index (χ3v) is 5.78. The summed E-state index contributed by atoms with van der Waals surface area (Å²) in [4.78, 5) is 27.4. The number of hydrogen-bond acceptors (Lipinski definition) is 3. The van der Waals surface area contributed by atoms with Crippen LogP contribution in [0.1, 0.15) is 38.2 Å². The number of carbonyl (C=O) groups excluding carboxylic acids is 2. The highest BCUT2D eigenvalue weighted by atomic mass is 35.5. The highest BCUT2D eigenvalue weighted by molar-refractivity contribution is 6.30. The highest BCUT2D eigenvalue weighted by Gasteiger charge is 2.28. The second kappa shape index (κ2) is 11.0. The number of nitrogens with one attached hydrogen (secondary N) is 1. The zero-order valence-electron chi connectivity index (χ0n) is 17.4. The van der Waals surface area contributed by atoms with Crippen LogP contribution in [0.4, 0.5) is 0 Å². The van der Waals surface area contributed by atoms with Gasteiger partial charge in [-0.1, -0.05) is 54.8 Å². The van der Waals surface area contributed by atoms with Gasteiger partial charge in [0.05, 0.1) is 0 Å². The summed E-state index contributed by atoms with van der Waals surface area (Å²) >= 11 is 5.90. The van der Waals surface area contributed by atoms with Gasteiger partial charge >= 0.3 is 0 Å². The molecule has 1 N–H and O–H groups in total. The molecule has 0 bridgehead atoms. The van der Waals surface area contributed by atoms with Crippen LogP contribution in [0.5, 0.6) is 5.75 Å². The third-order valence-electron chi connectivity index (χ3n) is 5.53. The lowest BCUT2D eigenvalue weighted by Crippen LogP contribution is -2.51. The zero-order valence-corrected chi connectivity index (χ0v) is 18.1. The van der Waals surface area contributed by atoms with Crippen molar-refractivity contribution < 1.29 is 14.3 Å². The molecule has 2 aromatic carbocycles. The maximum absolute atomic E-state index is 13.0. The summed E-state index contributed by atoms with van der Waals surface area (Å²) in [6.45, 7) is 2.11. The Kier molecular flexibility index (Phi) is 8.14. The van der Waals surface area contributed by atoms with E-state index in [1.54, 1.807) is 36.1 Å². The van der Waals surface area contributed by atoms with E-state index in [0.29, 0.717) is 23.7 Å². The van der Waals surface area contributed by atoms with Gasteiger partial charge in [0.2, 0.25) is 5.91 Å². The fraction of sp³-hybridized carbons (Fsp3) is 0.417. The SMILES string of the molecule is C[C@H](C(=O)NC1CCCC1)N(CCc1ccccc1)C(=O)COc1ccc(Cl)cc1. The van der Waals surface area contributed by atoms with Crippen LogP contribution in [-0.4, -0.2) is 41.9 Å². The molecule has 0 radical (unpaired) electrons. The minimum absolute atomic E-state index is 0.102. The van der Waals surface area contributed by atoms with E-state index in [1.807, 2.05) is 30.3 Å². The zero-order chi connectivity index (χ0) is 21.3. The number of benzene rings is 2. The molecule has 1 aliphatic rings. The Morgan fingerprint density at radius 2 is 1.77 bits per heavy atom. The largest absolute Gasteiger partial charge is 0.484 e. The van der Waals surface area contributed by atoms with Crippen molar-refractivity contribution in [3.63, 3.8) is 0 Å². The number of ether oxygens (including phenoxy) is 1. The number of nitrogens with zero attached hydrogens (tertiary/aromatic N) is 1. The van der Waals surface area contributed by atoms with E-state index in [-0.39, 0.29) is 24.5 Å². The van der Waals surface area contributed by atoms with Gasteiger partial charge in [0, 0.05) is 17.6 Å². The Labute approximate surface area is 183 Å². The van der Waals surface area contributed by atoms with Gasteiger partial charge < -0.3 is 15.0 Å². The third kappa shape index (κ3) is 6.49. The Balaban J connectivity index is 1.64. The van der Waals surface area contributed by atoms with E-state index in [2.05, 4.69) is 5.32 Å². The summed E-state index contributed by atoms with van der Waals surface area (Å²) in [5, 5.41) is 3.71. The first-order valence-electron chi connectivity index (χ1n) is 10.5. The Bertz CT molecular complexity index is 820. The molecule has 2 aromatic rings. The molecule has 0 unspecified atom stereocenters. The fourth-order valence-corrected chi connectivity index (χ4v) is 3.85. The van der Waals surface area contributed by atoms with Crippen LogP contribution in [0.25, 0.3) is 0 Å². The van der Waals surface area contributed by atoms with Gasteiger partial charge in [-0.25, -0.2) is 0 Å². The van der Waals surface area contributed by atoms with Crippen LogP contribution in [0.3, 0.4) is 0 Å². The first-order chi connectivity index (χ1) is 14.5. The van der Waals surface area contributed by atoms with Crippen molar-refractivity contribution in [2.75, 3.05) is 13.2 Å². The maximum atomic E-state index is 13.0. The molecule has 160 valence electrons. The average molecular weight is 429 g/mol. The first kappa shape index (κ1) is 22.2. The molecule has 0 aromatic heterocycles. The van der Waals surface area contributed by atoms with E-state index < -0.39 is 6.04 Å². The van der Waals surface area contributed by atoms with Gasteiger partial charge in [0.1, 0.15) is 11.8 Å². The molecule has 30 heavy (non-hydrogen) atoms. The highest BCUT2D eigenvalue weighted by Crippen LogP contribution is 2.19. The molecule has 1 atom stereocenters. The summed E-state index contributed by atoms with van der Waals surface area (Å²) in [6.07, 6.45) is 4.98. The Hall–Kier alpha value is -2.53. The topological polar surface area (TPSA) is 58.6 Å². The minimum atomic E-state index is -0.560. The molecule has 1 saturated carbocycles. The maximum Gasteiger partial charge on any atom is 0.261 e. The van der Waals surface area contributed by atoms with Gasteiger partial charge in [-0.15, -0.1) is 0 Å². The summed E-state index contributed by atoms with van der Waals surface area (Å²) in [6, 6.07) is 16.5. The smallest absolute Gasteiger partial charge is 0.261 e. The average Bonchev–Trinajstić information content (AvgIpc) is 3.27. The van der Waals surface area contributed by atoms with Crippen molar-refractivity contribution in [1.29, 1.82) is 0 Å². The summed E-state index contributed by atoms with van der Waals surface area (Å²) < 4.78 is 5.64. The second-order valence-corrected chi connectivity index (χ2v) is 8.17. The van der Waals surface area contributed by atoms with E-state index in [4.69, 9.17) is 16.3 Å². The predicted octanol–water partition coefficient (Wildman–Crippen LogP) is 4.24. The molecule has 0 heterocycles. The summed E-state index contributed by atoms with van der Waals surface area (Å²) in [7, 11) is 0. The Morgan fingerprint density at radius 1 is 1.10 bits per heavy atom. The normalized spacial score (nSPS) is 14.9. The van der Waals surface area contributed by atoms with Crippen molar-refractivity contribution in [2.24, 2.45) is 0 Å². The van der Waals surface area contributed by atoms with Gasteiger partial charge in [-0.3, -0.25) is 9.59 Å². The van der Waals surface area contributed by atoms with Crippen LogP contribution in [0, 0.1) is 0 Å². The quantitative estimate of drug-likeness (QED) is 0.650. The number of amides is 2. The predicted molar refractivity (Wildman–Crippen MR) is 119 cm³/mol. The second-order valence-electron chi connectivity index (χ2n) is 7.73. The number of rotatable bonds is 9. The van der Waals surface area contributed by atoms with Gasteiger partial charge in [0.25, 0.3) is 5.91 Å². The van der Waals surface area contributed by atoms with Crippen molar-refractivity contribution in [2.45, 2.75) is 51.1 Å². The van der Waals surface area contributed by atoms with Gasteiger partial charge in [-0.05, 0) is 56.0 Å². The number of hydrogen-bond donors (Lipinski definition) is 1. The molecule has 6 heteroatoms. The lowest BCUT2D eigenvalue weighted by Gasteiger charge is -2.29. The molecule has 2 amide bonds. The first-order valence-corrected chi connectivity index (χ1v) is 10.9. The van der Waals surface area contributed by atoms with E-state index in [0.717, 1.165) is 31.2 Å². The summed E-state index contributed by atoms with van der Waals surface area (Å²) in [5.74, 6) is 0.253. The molecule has 0 saturated heterocycles. The lowest BCUT2D eigenvalue weighted by molar-refractivity contribution is -0.141. The molecule has 0 aliphatic heterocycles. The monoisotopic (exact) mass is 428 g/mol. The fourth-order valence-electron chi connectivity index (χ4n) is 3.72. The van der Waals surface area contributed by atoms with E-state index in [1.165, 1.54) is 0 Å². The van der Waals surface area contributed by atoms with Gasteiger partial charge in [-0.2, -0.15) is 0 Å². The molecule has 1 fully saturated rings. The van der Waals surface area contributed by atoms with Crippen LogP contribution in [-0.2, 0) is 16.0 Å². The van der Waals surface area contributed by atoms with Crippen molar-refractivity contribution in [3.05, 3.63) is 65.2 Å². The molecular formula is C24H29ClN2O3. The number of halogens is 1. The standard InChI is InChI=1S/C24H29ClN2O3/c1-18(24(29)26-21-9-5-6-10-21)27(16-15-19-7-3-2-4-8-19)23(28)17-30-22-13-11-20(25)12-14-22/h2-4,7-8,11-14,18,21H,5-6,9-10,15-17H2,1H3,(H,26,29)/t18-/m1/s1. The van der Waals surface area contributed by atoms with Gasteiger partial charge in [0.15, 0.2) is 6.61 Å². The van der Waals surface area contributed by atoms with Crippen molar-refractivity contribution in [3.8, 4) is 5.75 Å². The molecular weight excluding hydrogens is 400 g/mol. The molecule has 0 spiro atoms.